The fourth-order valence-corrected chi connectivity index (χ4v) is 3.74. The molecule has 1 heterocycles. The van der Waals surface area contributed by atoms with E-state index in [-0.39, 0.29) is 6.10 Å². The van der Waals surface area contributed by atoms with Crippen LogP contribution in [-0.2, 0) is 6.42 Å². The van der Waals surface area contributed by atoms with Crippen LogP contribution in [-0.4, -0.2) is 57.9 Å². The van der Waals surface area contributed by atoms with E-state index in [4.69, 9.17) is 14.2 Å². The third-order valence-electron chi connectivity index (χ3n) is 5.37. The van der Waals surface area contributed by atoms with Crippen molar-refractivity contribution in [2.24, 2.45) is 4.99 Å². The molecule has 0 bridgehead atoms. The maximum Gasteiger partial charge on any atom is 0.193 e. The van der Waals surface area contributed by atoms with Crippen LogP contribution < -0.4 is 19.5 Å². The van der Waals surface area contributed by atoms with Gasteiger partial charge in [0.15, 0.2) is 17.5 Å². The summed E-state index contributed by atoms with van der Waals surface area (Å²) in [4.78, 5) is 6.79. The van der Waals surface area contributed by atoms with Crippen LogP contribution in [0.4, 0.5) is 0 Å². The summed E-state index contributed by atoms with van der Waals surface area (Å²) < 4.78 is 16.8. The third kappa shape index (κ3) is 6.05. The highest BCUT2D eigenvalue weighted by molar-refractivity contribution is 5.79. The number of aliphatic imine (C=N–C) groups is 1. The van der Waals surface area contributed by atoms with Gasteiger partial charge in [-0.2, -0.15) is 0 Å². The molecule has 0 unspecified atom stereocenters. The SMILES string of the molecule is CN=C(NCCCc1ccc(OC)c(OC)c1)N1CCC(Oc2ccccc2)CC1. The summed E-state index contributed by atoms with van der Waals surface area (Å²) >= 11 is 0. The summed E-state index contributed by atoms with van der Waals surface area (Å²) in [5.41, 5.74) is 1.24. The quantitative estimate of drug-likeness (QED) is 0.407. The molecule has 1 aliphatic rings. The van der Waals surface area contributed by atoms with Crippen LogP contribution in [0.5, 0.6) is 17.2 Å². The number of rotatable bonds is 8. The van der Waals surface area contributed by atoms with Gasteiger partial charge < -0.3 is 24.4 Å². The highest BCUT2D eigenvalue weighted by Gasteiger charge is 2.22. The minimum atomic E-state index is 0.270. The van der Waals surface area contributed by atoms with E-state index < -0.39 is 0 Å². The molecule has 0 aliphatic carbocycles. The van der Waals surface area contributed by atoms with E-state index in [1.807, 2.05) is 49.5 Å². The Hall–Kier alpha value is -2.89. The zero-order chi connectivity index (χ0) is 21.2. The van der Waals surface area contributed by atoms with Gasteiger partial charge in [0.25, 0.3) is 0 Å². The second-order valence-electron chi connectivity index (χ2n) is 7.38. The number of guanidine groups is 1. The topological polar surface area (TPSA) is 55.3 Å². The van der Waals surface area contributed by atoms with Crippen molar-refractivity contribution in [3.05, 3.63) is 54.1 Å². The molecule has 6 nitrogen and oxygen atoms in total. The standard InChI is InChI=1S/C24H33N3O3/c1-25-24(26-15-7-8-19-11-12-22(28-2)23(18-19)29-3)27-16-13-21(14-17-27)30-20-9-5-4-6-10-20/h4-6,9-12,18,21H,7-8,13-17H2,1-3H3,(H,25,26). The lowest BCUT2D eigenvalue weighted by Crippen LogP contribution is -2.47. The maximum absolute atomic E-state index is 6.09. The van der Waals surface area contributed by atoms with Crippen molar-refractivity contribution in [2.75, 3.05) is 40.9 Å². The summed E-state index contributed by atoms with van der Waals surface area (Å²) in [5, 5.41) is 3.50. The Bertz CT molecular complexity index is 803. The number of hydrogen-bond acceptors (Lipinski definition) is 4. The summed E-state index contributed by atoms with van der Waals surface area (Å²) in [7, 11) is 5.17. The number of methoxy groups -OCH3 is 2. The molecule has 1 fully saturated rings. The smallest absolute Gasteiger partial charge is 0.193 e. The maximum atomic E-state index is 6.09. The molecule has 1 aliphatic heterocycles. The monoisotopic (exact) mass is 411 g/mol. The first-order chi connectivity index (χ1) is 14.7. The molecule has 0 saturated carbocycles. The minimum Gasteiger partial charge on any atom is -0.493 e. The van der Waals surface area contributed by atoms with Crippen LogP contribution in [0.15, 0.2) is 53.5 Å². The van der Waals surface area contributed by atoms with Gasteiger partial charge in [0.2, 0.25) is 0 Å². The van der Waals surface area contributed by atoms with E-state index in [2.05, 4.69) is 21.3 Å². The Balaban J connectivity index is 1.40. The molecular formula is C24H33N3O3. The van der Waals surface area contributed by atoms with Crippen molar-refractivity contribution in [2.45, 2.75) is 31.8 Å². The van der Waals surface area contributed by atoms with Crippen LogP contribution in [0, 0.1) is 0 Å². The summed E-state index contributed by atoms with van der Waals surface area (Å²) in [6, 6.07) is 16.2. The summed E-state index contributed by atoms with van der Waals surface area (Å²) in [6.45, 7) is 2.78. The first kappa shape index (κ1) is 21.8. The van der Waals surface area contributed by atoms with Crippen LogP contribution in [0.2, 0.25) is 0 Å². The number of likely N-dealkylation sites (tertiary alicyclic amines) is 1. The number of aryl methyl sites for hydroxylation is 1. The molecule has 3 rings (SSSR count). The van der Waals surface area contributed by atoms with Gasteiger partial charge in [-0.1, -0.05) is 24.3 Å². The predicted octanol–water partition coefficient (Wildman–Crippen LogP) is 3.76. The first-order valence-corrected chi connectivity index (χ1v) is 10.6. The van der Waals surface area contributed by atoms with Crippen molar-refractivity contribution >= 4 is 5.96 Å². The Labute approximate surface area is 179 Å². The molecule has 1 saturated heterocycles. The van der Waals surface area contributed by atoms with Gasteiger partial charge in [-0.3, -0.25) is 4.99 Å². The lowest BCUT2D eigenvalue weighted by atomic mass is 10.1. The van der Waals surface area contributed by atoms with E-state index in [9.17, 15) is 0 Å². The molecular weight excluding hydrogens is 378 g/mol. The number of benzene rings is 2. The number of piperidine rings is 1. The number of ether oxygens (including phenoxy) is 3. The number of nitrogens with zero attached hydrogens (tertiary/aromatic N) is 2. The van der Waals surface area contributed by atoms with Crippen molar-refractivity contribution in [3.63, 3.8) is 0 Å². The van der Waals surface area contributed by atoms with E-state index in [0.717, 1.165) is 68.5 Å². The molecule has 30 heavy (non-hydrogen) atoms. The molecule has 2 aromatic carbocycles. The van der Waals surface area contributed by atoms with Gasteiger partial charge in [-0.25, -0.2) is 0 Å². The average Bonchev–Trinajstić information content (AvgIpc) is 2.80. The second-order valence-corrected chi connectivity index (χ2v) is 7.38. The van der Waals surface area contributed by atoms with Crippen LogP contribution in [0.3, 0.4) is 0 Å². The highest BCUT2D eigenvalue weighted by Crippen LogP contribution is 2.28. The first-order valence-electron chi connectivity index (χ1n) is 10.6. The second kappa shape index (κ2) is 11.3. The Kier molecular flexibility index (Phi) is 8.24. The molecule has 1 N–H and O–H groups in total. The number of hydrogen-bond donors (Lipinski definition) is 1. The fourth-order valence-electron chi connectivity index (χ4n) is 3.74. The Morgan fingerprint density at radius 2 is 1.77 bits per heavy atom. The predicted molar refractivity (Wildman–Crippen MR) is 121 cm³/mol. The van der Waals surface area contributed by atoms with Gasteiger partial charge in [-0.15, -0.1) is 0 Å². The molecule has 0 atom stereocenters. The number of para-hydroxylation sites is 1. The largest absolute Gasteiger partial charge is 0.493 e. The Morgan fingerprint density at radius 3 is 2.43 bits per heavy atom. The van der Waals surface area contributed by atoms with Gasteiger partial charge in [0.1, 0.15) is 11.9 Å². The summed E-state index contributed by atoms with van der Waals surface area (Å²) in [6.07, 6.45) is 4.26. The van der Waals surface area contributed by atoms with Gasteiger partial charge in [-0.05, 0) is 42.7 Å². The highest BCUT2D eigenvalue weighted by atomic mass is 16.5. The lowest BCUT2D eigenvalue weighted by molar-refractivity contribution is 0.129. The van der Waals surface area contributed by atoms with E-state index in [1.165, 1.54) is 5.56 Å². The molecule has 0 spiro atoms. The van der Waals surface area contributed by atoms with E-state index >= 15 is 0 Å². The fraction of sp³-hybridized carbons (Fsp3) is 0.458. The minimum absolute atomic E-state index is 0.270. The van der Waals surface area contributed by atoms with Gasteiger partial charge >= 0.3 is 0 Å². The number of nitrogens with one attached hydrogen (secondary N) is 1. The molecule has 6 heteroatoms. The molecule has 0 amide bonds. The van der Waals surface area contributed by atoms with Crippen molar-refractivity contribution < 1.29 is 14.2 Å². The van der Waals surface area contributed by atoms with E-state index in [0.29, 0.717) is 0 Å². The molecule has 0 radical (unpaired) electrons. The zero-order valence-electron chi connectivity index (χ0n) is 18.3. The normalized spacial score (nSPS) is 15.0. The molecule has 2 aromatic rings. The third-order valence-corrected chi connectivity index (χ3v) is 5.37. The molecule has 162 valence electrons. The van der Waals surface area contributed by atoms with Crippen molar-refractivity contribution in [1.29, 1.82) is 0 Å². The summed E-state index contributed by atoms with van der Waals surface area (Å²) in [5.74, 6) is 3.47. The average molecular weight is 412 g/mol. The van der Waals surface area contributed by atoms with Crippen molar-refractivity contribution in [3.8, 4) is 17.2 Å². The molecule has 0 aromatic heterocycles. The van der Waals surface area contributed by atoms with Crippen LogP contribution in [0.1, 0.15) is 24.8 Å². The lowest BCUT2D eigenvalue weighted by Gasteiger charge is -2.34. The van der Waals surface area contributed by atoms with Gasteiger partial charge in [0.05, 0.1) is 14.2 Å². The van der Waals surface area contributed by atoms with E-state index in [1.54, 1.807) is 14.2 Å². The Morgan fingerprint density at radius 1 is 1.03 bits per heavy atom. The van der Waals surface area contributed by atoms with Crippen LogP contribution >= 0.6 is 0 Å². The zero-order valence-corrected chi connectivity index (χ0v) is 18.3. The van der Waals surface area contributed by atoms with Crippen molar-refractivity contribution in [1.82, 2.24) is 10.2 Å². The van der Waals surface area contributed by atoms with Crippen LogP contribution in [0.25, 0.3) is 0 Å². The van der Waals surface area contributed by atoms with Gasteiger partial charge in [0, 0.05) is 39.5 Å².